The third kappa shape index (κ3) is 2.90. The Labute approximate surface area is 124 Å². The highest BCUT2D eigenvalue weighted by molar-refractivity contribution is 7.17. The molecule has 1 atom stereocenters. The number of hydrogen-bond donors (Lipinski definition) is 0. The van der Waals surface area contributed by atoms with Crippen molar-refractivity contribution in [2.45, 2.75) is 5.92 Å². The number of benzene rings is 1. The first-order valence-corrected chi connectivity index (χ1v) is 6.71. The number of thiophene rings is 1. The molecule has 106 valence electrons. The van der Waals surface area contributed by atoms with Gasteiger partial charge in [-0.1, -0.05) is 29.5 Å². The lowest BCUT2D eigenvalue weighted by atomic mass is 9.94. The van der Waals surface area contributed by atoms with Gasteiger partial charge in [0.1, 0.15) is 11.7 Å². The topological polar surface area (TPSA) is 93.2 Å². The third-order valence-electron chi connectivity index (χ3n) is 2.86. The van der Waals surface area contributed by atoms with Crippen molar-refractivity contribution < 1.29 is 14.5 Å². The van der Waals surface area contributed by atoms with Crippen molar-refractivity contribution in [2.24, 2.45) is 0 Å². The number of carbonyl (C=O) groups is 1. The number of para-hydroxylation sites is 1. The first-order valence-electron chi connectivity index (χ1n) is 5.89. The van der Waals surface area contributed by atoms with E-state index in [1.807, 2.05) is 6.07 Å². The van der Waals surface area contributed by atoms with Crippen LogP contribution in [-0.4, -0.2) is 17.8 Å². The Morgan fingerprint density at radius 3 is 2.67 bits per heavy atom. The number of nitriles is 1. The molecule has 2 rings (SSSR count). The predicted molar refractivity (Wildman–Crippen MR) is 76.7 cm³/mol. The summed E-state index contributed by atoms with van der Waals surface area (Å²) in [7, 11) is 1.45. The van der Waals surface area contributed by atoms with E-state index in [2.05, 4.69) is 0 Å². The summed E-state index contributed by atoms with van der Waals surface area (Å²) in [6.07, 6.45) is 0. The Morgan fingerprint density at radius 2 is 2.10 bits per heavy atom. The maximum atomic E-state index is 12.4. The van der Waals surface area contributed by atoms with E-state index >= 15 is 0 Å². The monoisotopic (exact) mass is 302 g/mol. The molecule has 1 heterocycles. The van der Waals surface area contributed by atoms with Crippen LogP contribution < -0.4 is 4.74 Å². The Hall–Kier alpha value is -2.72. The fourth-order valence-electron chi connectivity index (χ4n) is 1.87. The van der Waals surface area contributed by atoms with E-state index in [9.17, 15) is 20.2 Å². The Balaban J connectivity index is 2.39. The van der Waals surface area contributed by atoms with Gasteiger partial charge in [-0.15, -0.1) is 0 Å². The average molecular weight is 302 g/mol. The second kappa shape index (κ2) is 6.15. The lowest BCUT2D eigenvalue weighted by Gasteiger charge is -2.11. The molecule has 0 saturated heterocycles. The van der Waals surface area contributed by atoms with Crippen molar-refractivity contribution in [1.82, 2.24) is 0 Å². The number of ketones is 1. The van der Waals surface area contributed by atoms with Crippen LogP contribution in [0.5, 0.6) is 5.75 Å². The molecule has 21 heavy (non-hydrogen) atoms. The van der Waals surface area contributed by atoms with Crippen LogP contribution in [0.25, 0.3) is 0 Å². The summed E-state index contributed by atoms with van der Waals surface area (Å²) in [4.78, 5) is 22.7. The molecular weight excluding hydrogens is 292 g/mol. The van der Waals surface area contributed by atoms with Crippen LogP contribution in [0.3, 0.4) is 0 Å². The van der Waals surface area contributed by atoms with Crippen LogP contribution in [0.4, 0.5) is 5.00 Å². The summed E-state index contributed by atoms with van der Waals surface area (Å²) in [6.45, 7) is 0. The van der Waals surface area contributed by atoms with Crippen molar-refractivity contribution in [2.75, 3.05) is 7.11 Å². The zero-order valence-corrected chi connectivity index (χ0v) is 11.8. The van der Waals surface area contributed by atoms with Gasteiger partial charge in [0.25, 0.3) is 0 Å². The van der Waals surface area contributed by atoms with Crippen molar-refractivity contribution >= 4 is 22.1 Å². The van der Waals surface area contributed by atoms with E-state index < -0.39 is 16.6 Å². The quantitative estimate of drug-likeness (QED) is 0.480. The lowest BCUT2D eigenvalue weighted by Crippen LogP contribution is -2.11. The molecule has 6 nitrogen and oxygen atoms in total. The van der Waals surface area contributed by atoms with Crippen LogP contribution >= 0.6 is 11.3 Å². The minimum Gasteiger partial charge on any atom is -0.496 e. The molecule has 0 fully saturated rings. The van der Waals surface area contributed by atoms with E-state index in [1.165, 1.54) is 19.2 Å². The summed E-state index contributed by atoms with van der Waals surface area (Å²) in [5, 5.41) is 19.8. The standard InChI is InChI=1S/C14H10N2O4S/c1-20-11-5-3-2-4-9(11)10(8-15)14(17)12-6-7-13(21-12)16(18)19/h2-7,10H,1H3. The van der Waals surface area contributed by atoms with Gasteiger partial charge in [0.05, 0.1) is 23.0 Å². The van der Waals surface area contributed by atoms with Gasteiger partial charge in [-0.25, -0.2) is 0 Å². The van der Waals surface area contributed by atoms with E-state index in [0.717, 1.165) is 11.3 Å². The molecule has 0 aliphatic rings. The molecule has 0 spiro atoms. The molecule has 0 aliphatic carbocycles. The molecule has 1 aromatic carbocycles. The second-order valence-electron chi connectivity index (χ2n) is 4.06. The highest BCUT2D eigenvalue weighted by Gasteiger charge is 2.27. The van der Waals surface area contributed by atoms with Crippen LogP contribution in [0.2, 0.25) is 0 Å². The maximum Gasteiger partial charge on any atom is 0.324 e. The molecule has 0 saturated carbocycles. The van der Waals surface area contributed by atoms with Gasteiger partial charge >= 0.3 is 5.00 Å². The number of nitrogens with zero attached hydrogens (tertiary/aromatic N) is 2. The number of methoxy groups -OCH3 is 1. The van der Waals surface area contributed by atoms with Crippen LogP contribution in [0, 0.1) is 21.4 Å². The number of carbonyl (C=O) groups excluding carboxylic acids is 1. The van der Waals surface area contributed by atoms with Crippen LogP contribution in [-0.2, 0) is 0 Å². The molecular formula is C14H10N2O4S. The fourth-order valence-corrected chi connectivity index (χ4v) is 2.67. The number of rotatable bonds is 5. The van der Waals surface area contributed by atoms with E-state index in [1.54, 1.807) is 24.3 Å². The fraction of sp³-hybridized carbons (Fsp3) is 0.143. The normalized spacial score (nSPS) is 11.4. The highest BCUT2D eigenvalue weighted by Crippen LogP contribution is 2.32. The smallest absolute Gasteiger partial charge is 0.324 e. The van der Waals surface area contributed by atoms with Crippen LogP contribution in [0.15, 0.2) is 36.4 Å². The maximum absolute atomic E-state index is 12.4. The first-order chi connectivity index (χ1) is 10.1. The van der Waals surface area contributed by atoms with Gasteiger partial charge in [-0.05, 0) is 12.1 Å². The molecule has 0 N–H and O–H groups in total. The minimum absolute atomic E-state index is 0.130. The van der Waals surface area contributed by atoms with Gasteiger partial charge in [0, 0.05) is 11.6 Å². The van der Waals surface area contributed by atoms with E-state index in [4.69, 9.17) is 4.74 Å². The predicted octanol–water partition coefficient (Wildman–Crippen LogP) is 3.15. The Bertz CT molecular complexity index is 733. The second-order valence-corrected chi connectivity index (χ2v) is 5.13. The van der Waals surface area contributed by atoms with E-state index in [-0.39, 0.29) is 9.88 Å². The van der Waals surface area contributed by atoms with Crippen molar-refractivity contribution in [3.05, 3.63) is 57.0 Å². The summed E-state index contributed by atoms with van der Waals surface area (Å²) in [5.41, 5.74) is 0.448. The lowest BCUT2D eigenvalue weighted by molar-refractivity contribution is -0.380. The minimum atomic E-state index is -1.06. The van der Waals surface area contributed by atoms with Gasteiger partial charge in [-0.2, -0.15) is 5.26 Å². The highest BCUT2D eigenvalue weighted by atomic mass is 32.1. The van der Waals surface area contributed by atoms with Gasteiger partial charge in [-0.3, -0.25) is 14.9 Å². The summed E-state index contributed by atoms with van der Waals surface area (Å²) in [6, 6.07) is 11.3. The molecule has 1 unspecified atom stereocenters. The Morgan fingerprint density at radius 1 is 1.38 bits per heavy atom. The van der Waals surface area contributed by atoms with Crippen molar-refractivity contribution in [3.8, 4) is 11.8 Å². The first kappa shape index (κ1) is 14.7. The van der Waals surface area contributed by atoms with Crippen molar-refractivity contribution in [1.29, 1.82) is 5.26 Å². The number of hydrogen-bond acceptors (Lipinski definition) is 6. The zero-order valence-electron chi connectivity index (χ0n) is 11.0. The summed E-state index contributed by atoms with van der Waals surface area (Å²) < 4.78 is 5.15. The molecule has 0 radical (unpaired) electrons. The molecule has 0 aliphatic heterocycles. The molecule has 0 bridgehead atoms. The average Bonchev–Trinajstić information content (AvgIpc) is 2.98. The number of Topliss-reactive ketones (excluding diaryl/α,β-unsaturated/α-hetero) is 1. The number of nitro groups is 1. The van der Waals surface area contributed by atoms with Crippen molar-refractivity contribution in [3.63, 3.8) is 0 Å². The SMILES string of the molecule is COc1ccccc1C(C#N)C(=O)c1ccc([N+](=O)[O-])s1. The largest absolute Gasteiger partial charge is 0.496 e. The molecule has 1 aromatic heterocycles. The van der Waals surface area contributed by atoms with Gasteiger partial charge in [0.15, 0.2) is 5.78 Å². The van der Waals surface area contributed by atoms with Gasteiger partial charge in [0.2, 0.25) is 0 Å². The third-order valence-corrected chi connectivity index (χ3v) is 3.91. The summed E-state index contributed by atoms with van der Waals surface area (Å²) in [5.74, 6) is -1.09. The molecule has 0 amide bonds. The van der Waals surface area contributed by atoms with Crippen LogP contribution in [0.1, 0.15) is 21.2 Å². The summed E-state index contributed by atoms with van der Waals surface area (Å²) >= 11 is 0.760. The Kier molecular flexibility index (Phi) is 4.30. The molecule has 2 aromatic rings. The zero-order chi connectivity index (χ0) is 15.4. The van der Waals surface area contributed by atoms with Gasteiger partial charge < -0.3 is 4.74 Å². The van der Waals surface area contributed by atoms with E-state index in [0.29, 0.717) is 11.3 Å². The molecule has 7 heteroatoms. The number of ether oxygens (including phenoxy) is 1.